The highest BCUT2D eigenvalue weighted by Gasteiger charge is 2.14. The first-order chi connectivity index (χ1) is 17.8. The lowest BCUT2D eigenvalue weighted by atomic mass is 10.1. The van der Waals surface area contributed by atoms with E-state index in [0.717, 1.165) is 17.6 Å². The fourth-order valence-corrected chi connectivity index (χ4v) is 4.03. The number of aromatic nitrogens is 3. The van der Waals surface area contributed by atoms with Gasteiger partial charge in [-0.25, -0.2) is 9.97 Å². The number of pyridine rings is 1. The molecular formula is C28H33N5O4. The average Bonchev–Trinajstić information content (AvgIpc) is 3.28. The third-order valence-electron chi connectivity index (χ3n) is 5.52. The molecule has 0 saturated carbocycles. The Hall–Kier alpha value is -3.95. The highest BCUT2D eigenvalue weighted by Crippen LogP contribution is 2.32. The minimum absolute atomic E-state index is 0.0357. The second-order valence-electron chi connectivity index (χ2n) is 9.30. The number of carbonyl (C=O) groups excluding carboxylic acids is 1. The molecule has 2 N–H and O–H groups in total. The van der Waals surface area contributed by atoms with Crippen LogP contribution >= 0.6 is 0 Å². The van der Waals surface area contributed by atoms with Crippen molar-refractivity contribution in [2.45, 2.75) is 26.0 Å². The van der Waals surface area contributed by atoms with Crippen LogP contribution in [0.15, 0.2) is 60.8 Å². The first-order valence-electron chi connectivity index (χ1n) is 12.2. The molecule has 4 aromatic rings. The summed E-state index contributed by atoms with van der Waals surface area (Å²) in [7, 11) is 5.59. The van der Waals surface area contributed by atoms with Crippen molar-refractivity contribution in [1.29, 1.82) is 0 Å². The summed E-state index contributed by atoms with van der Waals surface area (Å²) >= 11 is 0. The fraction of sp³-hybridized carbons (Fsp3) is 0.321. The van der Waals surface area contributed by atoms with Gasteiger partial charge in [-0.05, 0) is 76.5 Å². The number of hydrogen-bond donors (Lipinski definition) is 2. The van der Waals surface area contributed by atoms with Crippen LogP contribution in [-0.4, -0.2) is 72.3 Å². The van der Waals surface area contributed by atoms with Gasteiger partial charge in [-0.1, -0.05) is 0 Å². The molecule has 2 atom stereocenters. The highest BCUT2D eigenvalue weighted by atomic mass is 16.5. The maximum Gasteiger partial charge on any atom is 0.251 e. The molecule has 37 heavy (non-hydrogen) atoms. The summed E-state index contributed by atoms with van der Waals surface area (Å²) in [5.74, 6) is 2.32. The zero-order valence-corrected chi connectivity index (χ0v) is 21.8. The lowest BCUT2D eigenvalue weighted by Crippen LogP contribution is -2.39. The second kappa shape index (κ2) is 11.9. The van der Waals surface area contributed by atoms with E-state index in [9.17, 15) is 4.79 Å². The van der Waals surface area contributed by atoms with Crippen molar-refractivity contribution >= 4 is 17.1 Å². The van der Waals surface area contributed by atoms with Crippen LogP contribution in [0, 0.1) is 0 Å². The summed E-state index contributed by atoms with van der Waals surface area (Å²) in [6.45, 7) is 5.13. The van der Waals surface area contributed by atoms with Gasteiger partial charge in [0.05, 0.1) is 12.1 Å². The monoisotopic (exact) mass is 503 g/mol. The Balaban J connectivity index is 1.56. The predicted molar refractivity (Wildman–Crippen MR) is 143 cm³/mol. The van der Waals surface area contributed by atoms with E-state index in [-0.39, 0.29) is 18.1 Å². The van der Waals surface area contributed by atoms with Crippen molar-refractivity contribution < 1.29 is 19.0 Å². The number of nitrogens with one attached hydrogen (secondary N) is 2. The number of benzene rings is 2. The van der Waals surface area contributed by atoms with Crippen LogP contribution in [0.4, 0.5) is 0 Å². The normalized spacial score (nSPS) is 12.9. The number of carbonyl (C=O) groups is 1. The predicted octanol–water partition coefficient (Wildman–Crippen LogP) is 4.51. The average molecular weight is 504 g/mol. The number of likely N-dealkylation sites (N-methyl/N-ethyl adjacent to an activating group) is 1. The molecule has 2 aromatic heterocycles. The summed E-state index contributed by atoms with van der Waals surface area (Å²) in [5, 5.41) is 3.01. The van der Waals surface area contributed by atoms with E-state index in [1.807, 2.05) is 63.2 Å². The van der Waals surface area contributed by atoms with Crippen LogP contribution < -0.4 is 14.8 Å². The van der Waals surface area contributed by atoms with Crippen molar-refractivity contribution in [3.05, 3.63) is 66.4 Å². The molecule has 0 radical (unpaired) electrons. The molecular weight excluding hydrogens is 470 g/mol. The van der Waals surface area contributed by atoms with Gasteiger partial charge in [0.15, 0.2) is 5.65 Å². The van der Waals surface area contributed by atoms with E-state index >= 15 is 0 Å². The molecule has 4 rings (SSSR count). The number of rotatable bonds is 11. The summed E-state index contributed by atoms with van der Waals surface area (Å²) in [5.41, 5.74) is 2.83. The Labute approximate surface area is 216 Å². The molecule has 2 aromatic carbocycles. The largest absolute Gasteiger partial charge is 0.488 e. The van der Waals surface area contributed by atoms with Gasteiger partial charge in [0.1, 0.15) is 29.2 Å². The van der Waals surface area contributed by atoms with Crippen LogP contribution in [0.3, 0.4) is 0 Å². The van der Waals surface area contributed by atoms with Crippen molar-refractivity contribution in [3.8, 4) is 28.6 Å². The quantitative estimate of drug-likeness (QED) is 0.310. The van der Waals surface area contributed by atoms with Gasteiger partial charge in [-0.2, -0.15) is 0 Å². The third kappa shape index (κ3) is 7.05. The number of nitrogens with zero attached hydrogens (tertiary/aromatic N) is 3. The molecule has 0 fully saturated rings. The van der Waals surface area contributed by atoms with Crippen molar-refractivity contribution in [2.75, 3.05) is 34.4 Å². The van der Waals surface area contributed by atoms with E-state index in [1.54, 1.807) is 37.6 Å². The van der Waals surface area contributed by atoms with E-state index in [2.05, 4.69) is 20.3 Å². The molecule has 0 aliphatic carbocycles. The number of fused-ring (bicyclic) bond motifs is 1. The summed E-state index contributed by atoms with van der Waals surface area (Å²) < 4.78 is 17.4. The molecule has 0 bridgehead atoms. The number of methoxy groups -OCH3 is 1. The topological polar surface area (TPSA) is 102 Å². The minimum atomic E-state index is -0.155. The summed E-state index contributed by atoms with van der Waals surface area (Å²) in [6.07, 6.45) is 1.55. The first kappa shape index (κ1) is 26.1. The molecule has 1 amide bonds. The van der Waals surface area contributed by atoms with E-state index in [1.165, 1.54) is 0 Å². The van der Waals surface area contributed by atoms with Gasteiger partial charge in [-0.15, -0.1) is 0 Å². The van der Waals surface area contributed by atoms with Gasteiger partial charge >= 0.3 is 0 Å². The molecule has 2 heterocycles. The van der Waals surface area contributed by atoms with Crippen LogP contribution in [0.2, 0.25) is 0 Å². The lowest BCUT2D eigenvalue weighted by Gasteiger charge is -2.18. The van der Waals surface area contributed by atoms with Crippen molar-refractivity contribution in [3.63, 3.8) is 0 Å². The molecule has 194 valence electrons. The SMILES string of the molecule is COC[C@H](C)Oc1cc(Oc2ccc(C(=O)NC(C)CN(C)C)cc2)cc(-c2nc3ncccc3[nH]2)c1. The Bertz CT molecular complexity index is 1300. The molecule has 9 nitrogen and oxygen atoms in total. The zero-order valence-electron chi connectivity index (χ0n) is 21.8. The van der Waals surface area contributed by atoms with Crippen LogP contribution in [0.5, 0.6) is 17.2 Å². The molecule has 0 aliphatic heterocycles. The minimum Gasteiger partial charge on any atom is -0.488 e. The van der Waals surface area contributed by atoms with Gasteiger partial charge < -0.3 is 29.4 Å². The molecule has 0 saturated heterocycles. The summed E-state index contributed by atoms with van der Waals surface area (Å²) in [6, 6.07) is 16.5. The summed E-state index contributed by atoms with van der Waals surface area (Å²) in [4.78, 5) is 26.8. The number of imidazole rings is 1. The molecule has 1 unspecified atom stereocenters. The Morgan fingerprint density at radius 2 is 1.81 bits per heavy atom. The molecule has 0 spiro atoms. The van der Waals surface area contributed by atoms with E-state index in [4.69, 9.17) is 14.2 Å². The first-order valence-corrected chi connectivity index (χ1v) is 12.2. The van der Waals surface area contributed by atoms with Crippen LogP contribution in [-0.2, 0) is 4.74 Å². The van der Waals surface area contributed by atoms with Crippen LogP contribution in [0.25, 0.3) is 22.6 Å². The van der Waals surface area contributed by atoms with Gasteiger partial charge in [0.25, 0.3) is 5.91 Å². The van der Waals surface area contributed by atoms with Gasteiger partial charge in [0.2, 0.25) is 0 Å². The smallest absolute Gasteiger partial charge is 0.251 e. The van der Waals surface area contributed by atoms with Crippen LogP contribution in [0.1, 0.15) is 24.2 Å². The Morgan fingerprint density at radius 1 is 1.05 bits per heavy atom. The second-order valence-corrected chi connectivity index (χ2v) is 9.30. The van der Waals surface area contributed by atoms with E-state index < -0.39 is 0 Å². The number of amides is 1. The van der Waals surface area contributed by atoms with Crippen molar-refractivity contribution in [2.24, 2.45) is 0 Å². The van der Waals surface area contributed by atoms with Gasteiger partial charge in [0, 0.05) is 43.1 Å². The highest BCUT2D eigenvalue weighted by molar-refractivity contribution is 5.94. The molecule has 9 heteroatoms. The number of hydrogen-bond acceptors (Lipinski definition) is 7. The lowest BCUT2D eigenvalue weighted by molar-refractivity contribution is 0.0920. The Kier molecular flexibility index (Phi) is 8.37. The van der Waals surface area contributed by atoms with Gasteiger partial charge in [-0.3, -0.25) is 4.79 Å². The standard InChI is InChI=1S/C28H33N5O4/c1-18(16-33(3)4)30-28(34)20-8-10-22(11-9-20)37-24-14-21(13-23(15-24)36-19(2)17-35-5)26-31-25-7-6-12-29-27(25)32-26/h6-15,18-19H,16-17H2,1-5H3,(H,30,34)(H,29,31,32)/t18?,19-/m0/s1. The maximum atomic E-state index is 12.6. The number of aromatic amines is 1. The maximum absolute atomic E-state index is 12.6. The fourth-order valence-electron chi connectivity index (χ4n) is 4.03. The number of ether oxygens (including phenoxy) is 3. The third-order valence-corrected chi connectivity index (χ3v) is 5.52. The number of H-pyrrole nitrogens is 1. The molecule has 0 aliphatic rings. The Morgan fingerprint density at radius 3 is 2.51 bits per heavy atom. The zero-order chi connectivity index (χ0) is 26.4. The van der Waals surface area contributed by atoms with Crippen molar-refractivity contribution in [1.82, 2.24) is 25.2 Å². The van der Waals surface area contributed by atoms with E-state index in [0.29, 0.717) is 40.9 Å².